The first-order valence-electron chi connectivity index (χ1n) is 8.76. The minimum atomic E-state index is 0.541. The van der Waals surface area contributed by atoms with Crippen molar-refractivity contribution in [2.75, 3.05) is 20.2 Å². The van der Waals surface area contributed by atoms with Crippen molar-refractivity contribution in [1.29, 1.82) is 0 Å². The van der Waals surface area contributed by atoms with Crippen LogP contribution in [0.5, 0.6) is 5.88 Å². The SMILES string of the molecule is CCCOc1ncccc1CNC(=NC)NCC(C)Cc1cccs1. The number of guanidine groups is 1. The summed E-state index contributed by atoms with van der Waals surface area (Å²) in [4.78, 5) is 10.0. The van der Waals surface area contributed by atoms with Crippen molar-refractivity contribution >= 4 is 17.3 Å². The predicted molar refractivity (Wildman–Crippen MR) is 105 cm³/mol. The summed E-state index contributed by atoms with van der Waals surface area (Å²) in [5.41, 5.74) is 1.03. The van der Waals surface area contributed by atoms with Gasteiger partial charge in [-0.1, -0.05) is 26.0 Å². The summed E-state index contributed by atoms with van der Waals surface area (Å²) in [7, 11) is 1.79. The number of hydrogen-bond acceptors (Lipinski definition) is 4. The van der Waals surface area contributed by atoms with Crippen molar-refractivity contribution < 1.29 is 4.74 Å². The van der Waals surface area contributed by atoms with Crippen LogP contribution in [0.1, 0.15) is 30.7 Å². The quantitative estimate of drug-likeness (QED) is 0.531. The molecule has 0 bridgehead atoms. The van der Waals surface area contributed by atoms with Crippen LogP contribution in [-0.4, -0.2) is 31.1 Å². The van der Waals surface area contributed by atoms with Gasteiger partial charge in [-0.15, -0.1) is 11.3 Å². The molecule has 2 heterocycles. The van der Waals surface area contributed by atoms with Crippen LogP contribution in [0.4, 0.5) is 0 Å². The molecule has 2 aromatic heterocycles. The van der Waals surface area contributed by atoms with E-state index in [4.69, 9.17) is 4.74 Å². The molecule has 2 N–H and O–H groups in total. The highest BCUT2D eigenvalue weighted by Gasteiger charge is 2.08. The Hall–Kier alpha value is -2.08. The van der Waals surface area contributed by atoms with Gasteiger partial charge in [0.2, 0.25) is 5.88 Å². The average molecular weight is 361 g/mol. The van der Waals surface area contributed by atoms with Crippen molar-refractivity contribution in [2.24, 2.45) is 10.9 Å². The highest BCUT2D eigenvalue weighted by Crippen LogP contribution is 2.15. The molecule has 0 spiro atoms. The molecular formula is C19H28N4OS. The van der Waals surface area contributed by atoms with Gasteiger partial charge in [0.15, 0.2) is 5.96 Å². The predicted octanol–water partition coefficient (Wildman–Crippen LogP) is 3.48. The molecule has 0 fully saturated rings. The van der Waals surface area contributed by atoms with Crippen molar-refractivity contribution in [1.82, 2.24) is 15.6 Å². The average Bonchev–Trinajstić information content (AvgIpc) is 3.13. The molecule has 0 saturated carbocycles. The molecule has 25 heavy (non-hydrogen) atoms. The lowest BCUT2D eigenvalue weighted by Gasteiger charge is -2.16. The largest absolute Gasteiger partial charge is 0.477 e. The number of rotatable bonds is 9. The second-order valence-electron chi connectivity index (χ2n) is 6.01. The Bertz CT molecular complexity index is 643. The van der Waals surface area contributed by atoms with E-state index >= 15 is 0 Å². The van der Waals surface area contributed by atoms with Crippen molar-refractivity contribution in [2.45, 2.75) is 33.2 Å². The van der Waals surface area contributed by atoms with Crippen LogP contribution in [0.25, 0.3) is 0 Å². The van der Waals surface area contributed by atoms with Gasteiger partial charge in [0.25, 0.3) is 0 Å². The third-order valence-corrected chi connectivity index (χ3v) is 4.61. The minimum Gasteiger partial charge on any atom is -0.477 e. The fraction of sp³-hybridized carbons (Fsp3) is 0.474. The van der Waals surface area contributed by atoms with Gasteiger partial charge < -0.3 is 15.4 Å². The van der Waals surface area contributed by atoms with Crippen LogP contribution in [0.15, 0.2) is 40.8 Å². The van der Waals surface area contributed by atoms with Gasteiger partial charge in [0.1, 0.15) is 0 Å². The number of pyridine rings is 1. The second kappa shape index (κ2) is 10.7. The summed E-state index contributed by atoms with van der Waals surface area (Å²) in [6.45, 7) is 6.52. The molecule has 0 radical (unpaired) electrons. The highest BCUT2D eigenvalue weighted by atomic mass is 32.1. The lowest BCUT2D eigenvalue weighted by Crippen LogP contribution is -2.39. The Balaban J connectivity index is 1.80. The van der Waals surface area contributed by atoms with Gasteiger partial charge in [0, 0.05) is 36.8 Å². The third kappa shape index (κ3) is 6.74. The fourth-order valence-electron chi connectivity index (χ4n) is 2.40. The lowest BCUT2D eigenvalue weighted by atomic mass is 10.1. The van der Waals surface area contributed by atoms with Crippen molar-refractivity contribution in [3.63, 3.8) is 0 Å². The van der Waals surface area contributed by atoms with Crippen LogP contribution >= 0.6 is 11.3 Å². The maximum absolute atomic E-state index is 5.70. The van der Waals surface area contributed by atoms with Gasteiger partial charge in [0.05, 0.1) is 6.61 Å². The molecule has 6 heteroatoms. The molecule has 0 saturated heterocycles. The van der Waals surface area contributed by atoms with E-state index in [0.29, 0.717) is 24.9 Å². The number of hydrogen-bond donors (Lipinski definition) is 2. The molecule has 0 aliphatic heterocycles. The monoisotopic (exact) mass is 360 g/mol. The standard InChI is InChI=1S/C19H28N4OS/c1-4-10-24-18-16(7-5-9-21-18)14-23-19(20-3)22-13-15(2)12-17-8-6-11-25-17/h5-9,11,15H,4,10,12-14H2,1-3H3,(H2,20,22,23). The number of aliphatic imine (C=N–C) groups is 1. The zero-order chi connectivity index (χ0) is 17.9. The second-order valence-corrected chi connectivity index (χ2v) is 7.04. The molecule has 1 atom stereocenters. The summed E-state index contributed by atoms with van der Waals surface area (Å²) in [5, 5.41) is 8.86. The first-order valence-corrected chi connectivity index (χ1v) is 9.64. The van der Waals surface area contributed by atoms with Gasteiger partial charge in [-0.2, -0.15) is 0 Å². The smallest absolute Gasteiger partial charge is 0.218 e. The van der Waals surface area contributed by atoms with E-state index in [1.807, 2.05) is 23.5 Å². The van der Waals surface area contributed by atoms with Crippen molar-refractivity contribution in [3.8, 4) is 5.88 Å². The van der Waals surface area contributed by atoms with Crippen LogP contribution in [0.3, 0.4) is 0 Å². The third-order valence-electron chi connectivity index (χ3n) is 3.71. The van der Waals surface area contributed by atoms with Crippen molar-refractivity contribution in [3.05, 3.63) is 46.3 Å². The maximum atomic E-state index is 5.70. The van der Waals surface area contributed by atoms with Gasteiger partial charge in [-0.05, 0) is 36.3 Å². The summed E-state index contributed by atoms with van der Waals surface area (Å²) in [6.07, 6.45) is 3.81. The van der Waals surface area contributed by atoms with E-state index in [0.717, 1.165) is 30.9 Å². The first kappa shape index (κ1) is 19.2. The maximum Gasteiger partial charge on any atom is 0.218 e. The van der Waals surface area contributed by atoms with E-state index in [2.05, 4.69) is 52.0 Å². The number of aromatic nitrogens is 1. The Morgan fingerprint density at radius 2 is 2.20 bits per heavy atom. The van der Waals surface area contributed by atoms with E-state index < -0.39 is 0 Å². The Morgan fingerprint density at radius 3 is 2.92 bits per heavy atom. The van der Waals surface area contributed by atoms with Gasteiger partial charge in [-0.25, -0.2) is 4.98 Å². The number of thiophene rings is 1. The van der Waals surface area contributed by atoms with E-state index in [-0.39, 0.29) is 0 Å². The summed E-state index contributed by atoms with van der Waals surface area (Å²) >= 11 is 1.81. The van der Waals surface area contributed by atoms with Gasteiger partial charge in [-0.3, -0.25) is 4.99 Å². The Morgan fingerprint density at radius 1 is 1.32 bits per heavy atom. The molecule has 2 rings (SSSR count). The minimum absolute atomic E-state index is 0.541. The molecule has 0 aliphatic rings. The van der Waals surface area contributed by atoms with Crippen LogP contribution in [0.2, 0.25) is 0 Å². The topological polar surface area (TPSA) is 58.5 Å². The summed E-state index contributed by atoms with van der Waals surface area (Å²) in [5.74, 6) is 2.03. The summed E-state index contributed by atoms with van der Waals surface area (Å²) in [6, 6.07) is 8.24. The highest BCUT2D eigenvalue weighted by molar-refractivity contribution is 7.09. The van der Waals surface area contributed by atoms with E-state index in [1.54, 1.807) is 13.2 Å². The summed E-state index contributed by atoms with van der Waals surface area (Å²) < 4.78 is 5.70. The first-order chi connectivity index (χ1) is 12.2. The Kier molecular flexibility index (Phi) is 8.25. The molecule has 5 nitrogen and oxygen atoms in total. The van der Waals surface area contributed by atoms with Crippen LogP contribution in [0, 0.1) is 5.92 Å². The molecule has 1 unspecified atom stereocenters. The molecule has 2 aromatic rings. The number of nitrogens with one attached hydrogen (secondary N) is 2. The van der Waals surface area contributed by atoms with E-state index in [9.17, 15) is 0 Å². The van der Waals surface area contributed by atoms with Crippen LogP contribution < -0.4 is 15.4 Å². The molecular weight excluding hydrogens is 332 g/mol. The fourth-order valence-corrected chi connectivity index (χ4v) is 3.27. The molecule has 0 aromatic carbocycles. The van der Waals surface area contributed by atoms with Crippen LogP contribution in [-0.2, 0) is 13.0 Å². The Labute approximate surface area is 154 Å². The zero-order valence-electron chi connectivity index (χ0n) is 15.3. The lowest BCUT2D eigenvalue weighted by molar-refractivity contribution is 0.301. The molecule has 136 valence electrons. The number of ether oxygens (including phenoxy) is 1. The molecule has 0 amide bonds. The molecule has 0 aliphatic carbocycles. The zero-order valence-corrected chi connectivity index (χ0v) is 16.1. The van der Waals surface area contributed by atoms with Gasteiger partial charge >= 0.3 is 0 Å². The number of nitrogens with zero attached hydrogens (tertiary/aromatic N) is 2. The normalized spacial score (nSPS) is 12.7. The van der Waals surface area contributed by atoms with E-state index in [1.165, 1.54) is 4.88 Å².